The SMILES string of the molecule is COc1ccc2c3c(n(C)c2c1)[C@@H](CO)N(C(C)=O)CC31CN(S(=O)(=O)c2ccccc2)C1. The molecule has 2 aromatic carbocycles. The smallest absolute Gasteiger partial charge is 0.243 e. The molecule has 1 aromatic heterocycles. The number of ether oxygens (including phenoxy) is 1. The Labute approximate surface area is 193 Å². The van der Waals surface area contributed by atoms with Gasteiger partial charge in [-0.1, -0.05) is 18.2 Å². The van der Waals surface area contributed by atoms with E-state index in [9.17, 15) is 18.3 Å². The average Bonchev–Trinajstić information content (AvgIpc) is 3.09. The fraction of sp³-hybridized carbons (Fsp3) is 0.375. The van der Waals surface area contributed by atoms with Crippen LogP contribution >= 0.6 is 0 Å². The molecule has 9 heteroatoms. The van der Waals surface area contributed by atoms with Crippen molar-refractivity contribution < 1.29 is 23.1 Å². The number of fused-ring (bicyclic) bond motifs is 4. The van der Waals surface area contributed by atoms with Crippen molar-refractivity contribution in [1.82, 2.24) is 13.8 Å². The van der Waals surface area contributed by atoms with Crippen molar-refractivity contribution in [2.24, 2.45) is 7.05 Å². The molecule has 1 atom stereocenters. The predicted molar refractivity (Wildman–Crippen MR) is 124 cm³/mol. The van der Waals surface area contributed by atoms with Gasteiger partial charge in [0.05, 0.1) is 30.2 Å². The molecule has 3 heterocycles. The second-order valence-corrected chi connectivity index (χ2v) is 10.9. The number of carbonyl (C=O) groups excluding carboxylic acids is 1. The maximum atomic E-state index is 13.2. The van der Waals surface area contributed by atoms with Gasteiger partial charge in [0.15, 0.2) is 0 Å². The summed E-state index contributed by atoms with van der Waals surface area (Å²) in [6, 6.07) is 13.7. The molecule has 2 aliphatic rings. The number of hydrogen-bond acceptors (Lipinski definition) is 5. The number of aromatic nitrogens is 1. The second-order valence-electron chi connectivity index (χ2n) is 8.91. The summed E-state index contributed by atoms with van der Waals surface area (Å²) in [5.41, 5.74) is 2.23. The van der Waals surface area contributed by atoms with E-state index >= 15 is 0 Å². The number of sulfonamides is 1. The fourth-order valence-corrected chi connectivity index (χ4v) is 7.12. The van der Waals surface area contributed by atoms with Gasteiger partial charge in [0.25, 0.3) is 0 Å². The number of nitrogens with zero attached hydrogens (tertiary/aromatic N) is 3. The summed E-state index contributed by atoms with van der Waals surface area (Å²) in [7, 11) is -0.117. The number of amides is 1. The van der Waals surface area contributed by atoms with E-state index in [-0.39, 0.29) is 30.5 Å². The number of rotatable bonds is 4. The molecule has 3 aromatic rings. The summed E-state index contributed by atoms with van der Waals surface area (Å²) < 4.78 is 35.3. The molecule has 33 heavy (non-hydrogen) atoms. The maximum Gasteiger partial charge on any atom is 0.243 e. The van der Waals surface area contributed by atoms with Gasteiger partial charge in [0, 0.05) is 56.2 Å². The Kier molecular flexibility index (Phi) is 5.04. The molecule has 1 fully saturated rings. The zero-order chi connectivity index (χ0) is 23.5. The maximum absolute atomic E-state index is 13.2. The number of aryl methyl sites for hydroxylation is 1. The van der Waals surface area contributed by atoms with Crippen molar-refractivity contribution in [1.29, 1.82) is 0 Å². The number of hydrogen-bond donors (Lipinski definition) is 1. The van der Waals surface area contributed by atoms with Gasteiger partial charge in [-0.05, 0) is 29.8 Å². The third kappa shape index (κ3) is 3.10. The van der Waals surface area contributed by atoms with Gasteiger partial charge in [-0.25, -0.2) is 8.42 Å². The topological polar surface area (TPSA) is 92.1 Å². The highest BCUT2D eigenvalue weighted by Gasteiger charge is 2.56. The quantitative estimate of drug-likeness (QED) is 0.631. The molecule has 0 aliphatic carbocycles. The Hall–Kier alpha value is -2.88. The minimum atomic E-state index is -3.64. The van der Waals surface area contributed by atoms with Crippen LogP contribution in [0.4, 0.5) is 0 Å². The first-order chi connectivity index (χ1) is 15.7. The summed E-state index contributed by atoms with van der Waals surface area (Å²) in [6.07, 6.45) is 0. The van der Waals surface area contributed by atoms with Gasteiger partial charge in [0.2, 0.25) is 15.9 Å². The van der Waals surface area contributed by atoms with Crippen LogP contribution < -0.4 is 4.74 Å². The number of carbonyl (C=O) groups is 1. The van der Waals surface area contributed by atoms with E-state index in [4.69, 9.17) is 4.74 Å². The van der Waals surface area contributed by atoms with Gasteiger partial charge in [-0.3, -0.25) is 4.79 Å². The molecular weight excluding hydrogens is 442 g/mol. The van der Waals surface area contributed by atoms with E-state index in [0.717, 1.165) is 22.2 Å². The van der Waals surface area contributed by atoms with Gasteiger partial charge < -0.3 is 19.3 Å². The molecule has 1 amide bonds. The molecule has 0 saturated carbocycles. The number of aliphatic hydroxyl groups excluding tert-OH is 1. The molecular formula is C24H27N3O5S. The predicted octanol–water partition coefficient (Wildman–Crippen LogP) is 2.02. The van der Waals surface area contributed by atoms with E-state index in [2.05, 4.69) is 0 Å². The zero-order valence-corrected chi connectivity index (χ0v) is 19.7. The summed E-state index contributed by atoms with van der Waals surface area (Å²) in [5.74, 6) is 0.562. The summed E-state index contributed by atoms with van der Waals surface area (Å²) >= 11 is 0. The first-order valence-corrected chi connectivity index (χ1v) is 12.3. The van der Waals surface area contributed by atoms with Crippen molar-refractivity contribution in [2.45, 2.75) is 23.3 Å². The summed E-state index contributed by atoms with van der Waals surface area (Å²) in [5, 5.41) is 11.3. The molecule has 0 bridgehead atoms. The summed E-state index contributed by atoms with van der Waals surface area (Å²) in [4.78, 5) is 14.5. The lowest BCUT2D eigenvalue weighted by Gasteiger charge is -2.55. The van der Waals surface area contributed by atoms with Gasteiger partial charge in [0.1, 0.15) is 5.75 Å². The highest BCUT2D eigenvalue weighted by Crippen LogP contribution is 2.50. The van der Waals surface area contributed by atoms with Crippen LogP contribution in [0.1, 0.15) is 24.2 Å². The van der Waals surface area contributed by atoms with Gasteiger partial charge >= 0.3 is 0 Å². The van der Waals surface area contributed by atoms with E-state index in [1.807, 2.05) is 29.8 Å². The van der Waals surface area contributed by atoms with Crippen LogP contribution in [-0.4, -0.2) is 66.6 Å². The van der Waals surface area contributed by atoms with E-state index in [1.54, 1.807) is 42.3 Å². The summed E-state index contributed by atoms with van der Waals surface area (Å²) in [6.45, 7) is 2.17. The van der Waals surface area contributed by atoms with Crippen LogP contribution in [0.2, 0.25) is 0 Å². The fourth-order valence-electron chi connectivity index (χ4n) is 5.49. The minimum Gasteiger partial charge on any atom is -0.497 e. The third-order valence-electron chi connectivity index (χ3n) is 7.06. The molecule has 0 radical (unpaired) electrons. The standard InChI is InChI=1S/C24H27N3O5S/c1-16(29)27-15-24(13-26(14-24)33(30,31)18-7-5-4-6-8-18)22-19-10-9-17(32-3)11-20(19)25(2)23(22)21(27)12-28/h4-11,21,28H,12-15H2,1-3H3/t21-/m1/s1. The van der Waals surface area contributed by atoms with Crippen LogP contribution in [0.5, 0.6) is 5.75 Å². The third-order valence-corrected chi connectivity index (χ3v) is 8.87. The molecule has 0 unspecified atom stereocenters. The normalized spacial score (nSPS) is 20.0. The first kappa shape index (κ1) is 21.9. The van der Waals surface area contributed by atoms with Crippen LogP contribution in [0, 0.1) is 0 Å². The van der Waals surface area contributed by atoms with Crippen molar-refractivity contribution >= 4 is 26.8 Å². The van der Waals surface area contributed by atoms with Crippen molar-refractivity contribution in [3.63, 3.8) is 0 Å². The Morgan fingerprint density at radius 1 is 1.15 bits per heavy atom. The van der Waals surface area contributed by atoms with Crippen LogP contribution in [-0.2, 0) is 27.3 Å². The van der Waals surface area contributed by atoms with E-state index in [0.29, 0.717) is 12.3 Å². The molecule has 1 saturated heterocycles. The van der Waals surface area contributed by atoms with E-state index in [1.165, 1.54) is 11.2 Å². The van der Waals surface area contributed by atoms with E-state index < -0.39 is 21.5 Å². The highest BCUT2D eigenvalue weighted by molar-refractivity contribution is 7.89. The lowest BCUT2D eigenvalue weighted by Crippen LogP contribution is -2.67. The van der Waals surface area contributed by atoms with Crippen molar-refractivity contribution in [3.05, 3.63) is 59.8 Å². The number of aliphatic hydroxyl groups is 1. The highest BCUT2D eigenvalue weighted by atomic mass is 32.2. The Morgan fingerprint density at radius 3 is 2.45 bits per heavy atom. The molecule has 8 nitrogen and oxygen atoms in total. The Balaban J connectivity index is 1.66. The lowest BCUT2D eigenvalue weighted by molar-refractivity contribution is -0.135. The Morgan fingerprint density at radius 2 is 1.85 bits per heavy atom. The second kappa shape index (κ2) is 7.58. The monoisotopic (exact) mass is 469 g/mol. The van der Waals surface area contributed by atoms with Gasteiger partial charge in [-0.2, -0.15) is 4.31 Å². The first-order valence-electron chi connectivity index (χ1n) is 10.8. The van der Waals surface area contributed by atoms with Crippen LogP contribution in [0.3, 0.4) is 0 Å². The zero-order valence-electron chi connectivity index (χ0n) is 18.9. The molecule has 174 valence electrons. The average molecular weight is 470 g/mol. The number of methoxy groups -OCH3 is 1. The number of benzene rings is 2. The van der Waals surface area contributed by atoms with Crippen LogP contribution in [0.15, 0.2) is 53.4 Å². The molecule has 1 N–H and O–H groups in total. The minimum absolute atomic E-state index is 0.147. The van der Waals surface area contributed by atoms with Gasteiger partial charge in [-0.15, -0.1) is 0 Å². The largest absolute Gasteiger partial charge is 0.497 e. The lowest BCUT2D eigenvalue weighted by atomic mass is 9.70. The molecule has 2 aliphatic heterocycles. The van der Waals surface area contributed by atoms with Crippen molar-refractivity contribution in [3.8, 4) is 5.75 Å². The molecule has 1 spiro atoms. The van der Waals surface area contributed by atoms with Crippen molar-refractivity contribution in [2.75, 3.05) is 33.4 Å². The Bertz CT molecular complexity index is 1340. The molecule has 5 rings (SSSR count). The van der Waals surface area contributed by atoms with Crippen LogP contribution in [0.25, 0.3) is 10.9 Å².